The van der Waals surface area contributed by atoms with Gasteiger partial charge in [-0.1, -0.05) is 43.3 Å². The van der Waals surface area contributed by atoms with Gasteiger partial charge in [0.1, 0.15) is 0 Å². The molecule has 1 amide bonds. The molecule has 3 heteroatoms. The number of amides is 1. The Bertz CT molecular complexity index is 719. The van der Waals surface area contributed by atoms with E-state index < -0.39 is 0 Å². The minimum atomic E-state index is 0.0875. The highest BCUT2D eigenvalue weighted by Gasteiger charge is 2.26. The van der Waals surface area contributed by atoms with Crippen molar-refractivity contribution in [2.75, 3.05) is 11.4 Å². The van der Waals surface area contributed by atoms with E-state index >= 15 is 0 Å². The molecular formula is C20H21NO2. The number of hydrogen-bond donors (Lipinski definition) is 0. The summed E-state index contributed by atoms with van der Waals surface area (Å²) < 4.78 is 0. The van der Waals surface area contributed by atoms with E-state index in [1.165, 1.54) is 11.1 Å². The maximum absolute atomic E-state index is 12.6. The Morgan fingerprint density at radius 1 is 1.04 bits per heavy atom. The van der Waals surface area contributed by atoms with Crippen LogP contribution in [-0.2, 0) is 17.6 Å². The zero-order chi connectivity index (χ0) is 16.2. The minimum absolute atomic E-state index is 0.0875. The standard InChI is InChI=1S/C20H21NO2/c1-2-15-7-9-16(10-8-15)11-12-20(23)21-14-13-19(22)17-5-3-4-6-18(17)21/h3-10H,2,11-14H2,1H3. The molecule has 23 heavy (non-hydrogen) atoms. The predicted molar refractivity (Wildman–Crippen MR) is 91.9 cm³/mol. The Labute approximate surface area is 136 Å². The number of hydrogen-bond acceptors (Lipinski definition) is 2. The van der Waals surface area contributed by atoms with E-state index in [0.29, 0.717) is 24.9 Å². The summed E-state index contributed by atoms with van der Waals surface area (Å²) in [7, 11) is 0. The zero-order valence-electron chi connectivity index (χ0n) is 13.4. The molecular weight excluding hydrogens is 286 g/mol. The van der Waals surface area contributed by atoms with Gasteiger partial charge in [0.05, 0.1) is 5.69 Å². The lowest BCUT2D eigenvalue weighted by molar-refractivity contribution is -0.118. The fraction of sp³-hybridized carbons (Fsp3) is 0.300. The van der Waals surface area contributed by atoms with Gasteiger partial charge in [0.15, 0.2) is 5.78 Å². The SMILES string of the molecule is CCc1ccc(CCC(=O)N2CCC(=O)c3ccccc32)cc1. The third kappa shape index (κ3) is 3.34. The molecule has 2 aromatic carbocycles. The lowest BCUT2D eigenvalue weighted by Gasteiger charge is -2.28. The van der Waals surface area contributed by atoms with Crippen LogP contribution >= 0.6 is 0 Å². The number of aryl methyl sites for hydroxylation is 2. The number of Topliss-reactive ketones (excluding diaryl/α,β-unsaturated/α-hetero) is 1. The third-order valence-electron chi connectivity index (χ3n) is 4.42. The first kappa shape index (κ1) is 15.5. The first-order valence-electron chi connectivity index (χ1n) is 8.19. The van der Waals surface area contributed by atoms with Gasteiger partial charge in [-0.25, -0.2) is 0 Å². The average molecular weight is 307 g/mol. The van der Waals surface area contributed by atoms with E-state index in [1.54, 1.807) is 11.0 Å². The highest BCUT2D eigenvalue weighted by molar-refractivity contribution is 6.08. The second kappa shape index (κ2) is 6.78. The van der Waals surface area contributed by atoms with E-state index in [4.69, 9.17) is 0 Å². The van der Waals surface area contributed by atoms with Crippen LogP contribution in [0.25, 0.3) is 0 Å². The Hall–Kier alpha value is -2.42. The number of benzene rings is 2. The topological polar surface area (TPSA) is 37.4 Å². The Morgan fingerprint density at radius 2 is 1.74 bits per heavy atom. The molecule has 0 unspecified atom stereocenters. The van der Waals surface area contributed by atoms with Crippen LogP contribution in [0.15, 0.2) is 48.5 Å². The van der Waals surface area contributed by atoms with Crippen LogP contribution in [0.1, 0.15) is 41.3 Å². The first-order valence-corrected chi connectivity index (χ1v) is 8.19. The van der Waals surface area contributed by atoms with Crippen molar-refractivity contribution in [3.05, 3.63) is 65.2 Å². The normalized spacial score (nSPS) is 13.8. The smallest absolute Gasteiger partial charge is 0.227 e. The van der Waals surface area contributed by atoms with Crippen molar-refractivity contribution in [2.24, 2.45) is 0 Å². The molecule has 0 N–H and O–H groups in total. The van der Waals surface area contributed by atoms with Crippen LogP contribution in [-0.4, -0.2) is 18.2 Å². The number of para-hydroxylation sites is 1. The summed E-state index contributed by atoms with van der Waals surface area (Å²) in [6.07, 6.45) is 2.63. The molecule has 0 saturated heterocycles. The predicted octanol–water partition coefficient (Wildman–Crippen LogP) is 3.80. The molecule has 2 aromatic rings. The number of fused-ring (bicyclic) bond motifs is 1. The molecule has 1 aliphatic heterocycles. The summed E-state index contributed by atoms with van der Waals surface area (Å²) in [5.41, 5.74) is 3.91. The summed E-state index contributed by atoms with van der Waals surface area (Å²) in [4.78, 5) is 26.3. The van der Waals surface area contributed by atoms with Gasteiger partial charge in [-0.05, 0) is 36.1 Å². The molecule has 0 aromatic heterocycles. The van der Waals surface area contributed by atoms with Crippen LogP contribution in [0.2, 0.25) is 0 Å². The van der Waals surface area contributed by atoms with Crippen molar-refractivity contribution in [1.82, 2.24) is 0 Å². The van der Waals surface area contributed by atoms with E-state index in [0.717, 1.165) is 18.5 Å². The van der Waals surface area contributed by atoms with E-state index in [9.17, 15) is 9.59 Å². The summed E-state index contributed by atoms with van der Waals surface area (Å²) >= 11 is 0. The maximum atomic E-state index is 12.6. The van der Waals surface area contributed by atoms with Gasteiger partial charge in [0.2, 0.25) is 5.91 Å². The maximum Gasteiger partial charge on any atom is 0.227 e. The highest BCUT2D eigenvalue weighted by atomic mass is 16.2. The van der Waals surface area contributed by atoms with E-state index in [1.807, 2.05) is 18.2 Å². The molecule has 0 radical (unpaired) electrons. The number of rotatable bonds is 4. The highest BCUT2D eigenvalue weighted by Crippen LogP contribution is 2.27. The summed E-state index contributed by atoms with van der Waals surface area (Å²) in [6.45, 7) is 2.62. The molecule has 118 valence electrons. The molecule has 0 atom stereocenters. The van der Waals surface area contributed by atoms with E-state index in [2.05, 4.69) is 31.2 Å². The number of anilines is 1. The fourth-order valence-electron chi connectivity index (χ4n) is 3.00. The van der Waals surface area contributed by atoms with Gasteiger partial charge in [-0.3, -0.25) is 9.59 Å². The summed E-state index contributed by atoms with van der Waals surface area (Å²) in [6, 6.07) is 15.8. The van der Waals surface area contributed by atoms with Crippen LogP contribution in [0, 0.1) is 0 Å². The lowest BCUT2D eigenvalue weighted by Crippen LogP contribution is -2.37. The number of carbonyl (C=O) groups excluding carboxylic acids is 2. The average Bonchev–Trinajstić information content (AvgIpc) is 2.60. The van der Waals surface area contributed by atoms with Crippen molar-refractivity contribution in [2.45, 2.75) is 32.6 Å². The van der Waals surface area contributed by atoms with Gasteiger partial charge in [0, 0.05) is 24.9 Å². The Balaban J connectivity index is 1.69. The number of nitrogens with zero attached hydrogens (tertiary/aromatic N) is 1. The summed E-state index contributed by atoms with van der Waals surface area (Å²) in [5.74, 6) is 0.212. The van der Waals surface area contributed by atoms with E-state index in [-0.39, 0.29) is 11.7 Å². The van der Waals surface area contributed by atoms with Gasteiger partial charge < -0.3 is 4.90 Å². The van der Waals surface area contributed by atoms with Gasteiger partial charge >= 0.3 is 0 Å². The molecule has 0 bridgehead atoms. The Morgan fingerprint density at radius 3 is 2.48 bits per heavy atom. The molecule has 0 fully saturated rings. The van der Waals surface area contributed by atoms with Crippen LogP contribution in [0.5, 0.6) is 0 Å². The third-order valence-corrected chi connectivity index (χ3v) is 4.42. The van der Waals surface area contributed by atoms with Gasteiger partial charge in [-0.2, -0.15) is 0 Å². The minimum Gasteiger partial charge on any atom is -0.311 e. The fourth-order valence-corrected chi connectivity index (χ4v) is 3.00. The van der Waals surface area contributed by atoms with Crippen molar-refractivity contribution < 1.29 is 9.59 Å². The number of carbonyl (C=O) groups is 2. The van der Waals surface area contributed by atoms with Crippen LogP contribution < -0.4 is 4.90 Å². The molecule has 3 nitrogen and oxygen atoms in total. The molecule has 1 aliphatic rings. The van der Waals surface area contributed by atoms with Crippen molar-refractivity contribution in [3.8, 4) is 0 Å². The summed E-state index contributed by atoms with van der Waals surface area (Å²) in [5, 5.41) is 0. The Kier molecular flexibility index (Phi) is 4.56. The molecule has 0 spiro atoms. The van der Waals surface area contributed by atoms with Crippen LogP contribution in [0.4, 0.5) is 5.69 Å². The monoisotopic (exact) mass is 307 g/mol. The largest absolute Gasteiger partial charge is 0.311 e. The quantitative estimate of drug-likeness (QED) is 0.861. The lowest BCUT2D eigenvalue weighted by atomic mass is 9.99. The first-order chi connectivity index (χ1) is 11.2. The van der Waals surface area contributed by atoms with Gasteiger partial charge in [0.25, 0.3) is 0 Å². The molecule has 1 heterocycles. The molecule has 0 saturated carbocycles. The van der Waals surface area contributed by atoms with Crippen molar-refractivity contribution >= 4 is 17.4 Å². The van der Waals surface area contributed by atoms with Crippen LogP contribution in [0.3, 0.4) is 0 Å². The van der Waals surface area contributed by atoms with Crippen molar-refractivity contribution in [3.63, 3.8) is 0 Å². The number of ketones is 1. The molecule has 3 rings (SSSR count). The second-order valence-electron chi connectivity index (χ2n) is 5.91. The second-order valence-corrected chi connectivity index (χ2v) is 5.91. The zero-order valence-corrected chi connectivity index (χ0v) is 13.4. The molecule has 0 aliphatic carbocycles. The van der Waals surface area contributed by atoms with Gasteiger partial charge in [-0.15, -0.1) is 0 Å². The van der Waals surface area contributed by atoms with Crippen molar-refractivity contribution in [1.29, 1.82) is 0 Å².